The fourth-order valence-corrected chi connectivity index (χ4v) is 1.19. The molecule has 18 heavy (non-hydrogen) atoms. The maximum atomic E-state index is 4.42. The van der Waals surface area contributed by atoms with Gasteiger partial charge in [0.2, 0.25) is 0 Å². The van der Waals surface area contributed by atoms with E-state index in [1.165, 1.54) is 18.4 Å². The van der Waals surface area contributed by atoms with Crippen LogP contribution in [0.4, 0.5) is 5.82 Å². The monoisotopic (exact) mass is 254 g/mol. The molecule has 0 saturated carbocycles. The van der Waals surface area contributed by atoms with Crippen molar-refractivity contribution >= 4 is 5.82 Å². The SMILES string of the molecule is CC.CCCC.CCNc1nc(C)ccc1CC.[HH]. The summed E-state index contributed by atoms with van der Waals surface area (Å²) in [6.45, 7) is 15.5. The topological polar surface area (TPSA) is 24.9 Å². The number of unbranched alkanes of at least 4 members (excludes halogenated alkanes) is 1. The molecule has 0 amide bonds. The lowest BCUT2D eigenvalue weighted by Gasteiger charge is -2.08. The van der Waals surface area contributed by atoms with Crippen molar-refractivity contribution in [3.63, 3.8) is 0 Å². The Morgan fingerprint density at radius 1 is 1.06 bits per heavy atom. The van der Waals surface area contributed by atoms with Crippen molar-refractivity contribution < 1.29 is 1.43 Å². The number of pyridine rings is 1. The van der Waals surface area contributed by atoms with Crippen molar-refractivity contribution in [1.29, 1.82) is 0 Å². The van der Waals surface area contributed by atoms with E-state index in [0.717, 1.165) is 24.5 Å². The second kappa shape index (κ2) is 14.0. The predicted molar refractivity (Wildman–Crippen MR) is 86.6 cm³/mol. The van der Waals surface area contributed by atoms with E-state index in [1.54, 1.807) is 0 Å². The highest BCUT2D eigenvalue weighted by atomic mass is 15.0. The minimum absolute atomic E-state index is 0. The Hall–Kier alpha value is -1.05. The van der Waals surface area contributed by atoms with Crippen LogP contribution in [0.1, 0.15) is 67.1 Å². The van der Waals surface area contributed by atoms with Gasteiger partial charge >= 0.3 is 0 Å². The first-order valence-corrected chi connectivity index (χ1v) is 7.39. The van der Waals surface area contributed by atoms with Crippen molar-refractivity contribution in [2.75, 3.05) is 11.9 Å². The normalized spacial score (nSPS) is 8.61. The van der Waals surface area contributed by atoms with E-state index < -0.39 is 0 Å². The summed E-state index contributed by atoms with van der Waals surface area (Å²) in [4.78, 5) is 4.42. The van der Waals surface area contributed by atoms with Crippen LogP contribution in [0.25, 0.3) is 0 Å². The molecule has 0 saturated heterocycles. The highest BCUT2D eigenvalue weighted by molar-refractivity contribution is 5.44. The van der Waals surface area contributed by atoms with Gasteiger partial charge in [-0.1, -0.05) is 53.5 Å². The van der Waals surface area contributed by atoms with Gasteiger partial charge in [-0.15, -0.1) is 0 Å². The van der Waals surface area contributed by atoms with Gasteiger partial charge in [0.15, 0.2) is 0 Å². The number of hydrogen-bond donors (Lipinski definition) is 1. The Morgan fingerprint density at radius 3 is 2.00 bits per heavy atom. The van der Waals surface area contributed by atoms with Gasteiger partial charge < -0.3 is 5.32 Å². The lowest BCUT2D eigenvalue weighted by Crippen LogP contribution is -2.03. The molecule has 0 aromatic carbocycles. The molecule has 1 aromatic rings. The Balaban J connectivity index is -0.000000316. The third kappa shape index (κ3) is 9.03. The van der Waals surface area contributed by atoms with E-state index >= 15 is 0 Å². The van der Waals surface area contributed by atoms with Crippen LogP contribution in [0.2, 0.25) is 0 Å². The van der Waals surface area contributed by atoms with Gasteiger partial charge in [-0.2, -0.15) is 0 Å². The van der Waals surface area contributed by atoms with Crippen LogP contribution in [0, 0.1) is 6.92 Å². The largest absolute Gasteiger partial charge is 0.370 e. The van der Waals surface area contributed by atoms with E-state index in [-0.39, 0.29) is 1.43 Å². The maximum Gasteiger partial charge on any atom is 0.129 e. The third-order valence-electron chi connectivity index (χ3n) is 2.34. The third-order valence-corrected chi connectivity index (χ3v) is 2.34. The molecule has 0 aliphatic carbocycles. The Morgan fingerprint density at radius 2 is 1.61 bits per heavy atom. The molecule has 0 bridgehead atoms. The molecule has 2 heteroatoms. The molecule has 0 atom stereocenters. The summed E-state index contributed by atoms with van der Waals surface area (Å²) in [5.41, 5.74) is 2.37. The molecule has 108 valence electrons. The molecule has 2 nitrogen and oxygen atoms in total. The molecule has 0 unspecified atom stereocenters. The quantitative estimate of drug-likeness (QED) is 0.771. The number of rotatable bonds is 4. The molecule has 0 aliphatic heterocycles. The highest BCUT2D eigenvalue weighted by Crippen LogP contribution is 2.13. The van der Waals surface area contributed by atoms with Crippen molar-refractivity contribution in [2.45, 2.75) is 67.7 Å². The second-order valence-electron chi connectivity index (χ2n) is 3.84. The summed E-state index contributed by atoms with van der Waals surface area (Å²) in [5, 5.41) is 3.26. The molecule has 0 spiro atoms. The second-order valence-corrected chi connectivity index (χ2v) is 3.84. The van der Waals surface area contributed by atoms with Gasteiger partial charge in [-0.05, 0) is 31.9 Å². The molecular formula is C16H34N2. The number of hydrogen-bond acceptors (Lipinski definition) is 2. The Kier molecular flexibility index (Phi) is 15.0. The summed E-state index contributed by atoms with van der Waals surface area (Å²) in [6.07, 6.45) is 3.68. The molecule has 0 radical (unpaired) electrons. The number of nitrogens with zero attached hydrogens (tertiary/aromatic N) is 1. The molecule has 1 heterocycles. The van der Waals surface area contributed by atoms with Crippen molar-refractivity contribution in [1.82, 2.24) is 4.98 Å². The minimum Gasteiger partial charge on any atom is -0.370 e. The number of aromatic nitrogens is 1. The molecule has 1 aromatic heterocycles. The highest BCUT2D eigenvalue weighted by Gasteiger charge is 1.99. The zero-order valence-electron chi connectivity index (χ0n) is 13.4. The number of nitrogens with one attached hydrogen (secondary N) is 1. The standard InChI is InChI=1S/C10H16N2.C4H10.C2H6.H2/c1-4-9-7-6-8(3)12-10(9)11-5-2;1-3-4-2;1-2;/h6-7H,4-5H2,1-3H3,(H,11,12);3-4H2,1-2H3;1-2H3;1H. The molecular weight excluding hydrogens is 220 g/mol. The van der Waals surface area contributed by atoms with E-state index in [4.69, 9.17) is 0 Å². The first-order valence-electron chi connectivity index (χ1n) is 7.39. The van der Waals surface area contributed by atoms with Crippen molar-refractivity contribution in [3.8, 4) is 0 Å². The van der Waals surface area contributed by atoms with E-state index in [0.29, 0.717) is 0 Å². The first-order chi connectivity index (χ1) is 8.69. The van der Waals surface area contributed by atoms with E-state index in [2.05, 4.69) is 50.1 Å². The summed E-state index contributed by atoms with van der Waals surface area (Å²) in [6, 6.07) is 4.19. The molecule has 0 fully saturated rings. The Labute approximate surface area is 116 Å². The van der Waals surface area contributed by atoms with Crippen molar-refractivity contribution in [2.24, 2.45) is 0 Å². The van der Waals surface area contributed by atoms with Crippen LogP contribution in [-0.2, 0) is 6.42 Å². The van der Waals surface area contributed by atoms with Crippen LogP contribution in [0.5, 0.6) is 0 Å². The molecule has 1 rings (SSSR count). The zero-order chi connectivity index (χ0) is 14.4. The smallest absolute Gasteiger partial charge is 0.129 e. The fourth-order valence-electron chi connectivity index (χ4n) is 1.19. The van der Waals surface area contributed by atoms with Gasteiger partial charge in [0.1, 0.15) is 5.82 Å². The predicted octanol–water partition coefficient (Wildman–Crippen LogP) is 5.46. The van der Waals surface area contributed by atoms with Crippen LogP contribution in [0.3, 0.4) is 0 Å². The number of aryl methyl sites for hydroxylation is 2. The van der Waals surface area contributed by atoms with Gasteiger partial charge in [-0.25, -0.2) is 4.98 Å². The lowest BCUT2D eigenvalue weighted by atomic mass is 10.2. The summed E-state index contributed by atoms with van der Waals surface area (Å²) < 4.78 is 0. The van der Waals surface area contributed by atoms with Crippen LogP contribution in [-0.4, -0.2) is 11.5 Å². The summed E-state index contributed by atoms with van der Waals surface area (Å²) in [5.74, 6) is 1.04. The minimum atomic E-state index is 0. The van der Waals surface area contributed by atoms with E-state index in [9.17, 15) is 0 Å². The van der Waals surface area contributed by atoms with Crippen LogP contribution < -0.4 is 5.32 Å². The first kappa shape index (κ1) is 19.3. The lowest BCUT2D eigenvalue weighted by molar-refractivity contribution is 0.886. The maximum absolute atomic E-state index is 4.42. The fraction of sp³-hybridized carbons (Fsp3) is 0.688. The van der Waals surface area contributed by atoms with Gasteiger partial charge in [0.05, 0.1) is 0 Å². The Bertz CT molecular complexity index is 286. The average Bonchev–Trinajstić information content (AvgIpc) is 2.42. The van der Waals surface area contributed by atoms with Gasteiger partial charge in [0.25, 0.3) is 0 Å². The van der Waals surface area contributed by atoms with E-state index in [1.807, 2.05) is 20.8 Å². The van der Waals surface area contributed by atoms with Gasteiger partial charge in [0, 0.05) is 13.7 Å². The zero-order valence-corrected chi connectivity index (χ0v) is 13.4. The molecule has 1 N–H and O–H groups in total. The average molecular weight is 254 g/mol. The summed E-state index contributed by atoms with van der Waals surface area (Å²) in [7, 11) is 0. The van der Waals surface area contributed by atoms with Crippen LogP contribution in [0.15, 0.2) is 12.1 Å². The summed E-state index contributed by atoms with van der Waals surface area (Å²) >= 11 is 0. The van der Waals surface area contributed by atoms with Crippen molar-refractivity contribution in [3.05, 3.63) is 23.4 Å². The van der Waals surface area contributed by atoms with Gasteiger partial charge in [-0.3, -0.25) is 0 Å². The molecule has 0 aliphatic rings. The van der Waals surface area contributed by atoms with Crippen LogP contribution >= 0.6 is 0 Å². The number of anilines is 1.